The number of anilines is 2. The predicted octanol–water partition coefficient (Wildman–Crippen LogP) is 3.64. The third-order valence-corrected chi connectivity index (χ3v) is 4.07. The second-order valence-corrected chi connectivity index (χ2v) is 5.96. The van der Waals surface area contributed by atoms with E-state index in [9.17, 15) is 9.59 Å². The summed E-state index contributed by atoms with van der Waals surface area (Å²) in [6, 6.07) is 15.2. The van der Waals surface area contributed by atoms with Crippen molar-refractivity contribution in [3.63, 3.8) is 0 Å². The summed E-state index contributed by atoms with van der Waals surface area (Å²) in [5.41, 5.74) is 2.15. The number of para-hydroxylation sites is 1. The van der Waals surface area contributed by atoms with Gasteiger partial charge in [0.1, 0.15) is 5.75 Å². The minimum atomic E-state index is -0.204. The Bertz CT molecular complexity index is 946. The van der Waals surface area contributed by atoms with Crippen LogP contribution in [0.15, 0.2) is 54.7 Å². The summed E-state index contributed by atoms with van der Waals surface area (Å²) in [4.78, 5) is 23.8. The molecular formula is C20H21N3O3. The van der Waals surface area contributed by atoms with Crippen molar-refractivity contribution in [2.45, 2.75) is 19.9 Å². The third kappa shape index (κ3) is 4.03. The molecule has 3 rings (SSSR count). The van der Waals surface area contributed by atoms with E-state index in [2.05, 4.69) is 15.2 Å². The average molecular weight is 351 g/mol. The summed E-state index contributed by atoms with van der Waals surface area (Å²) in [5.74, 6) is 0.262. The molecule has 3 aromatic rings. The molecule has 0 spiro atoms. The van der Waals surface area contributed by atoms with Gasteiger partial charge in [0, 0.05) is 37.7 Å². The van der Waals surface area contributed by atoms with Crippen molar-refractivity contribution in [2.24, 2.45) is 0 Å². The van der Waals surface area contributed by atoms with Crippen LogP contribution in [0.2, 0.25) is 0 Å². The number of nitrogens with zero attached hydrogens (tertiary/aromatic N) is 1. The Morgan fingerprint density at radius 2 is 1.85 bits per heavy atom. The van der Waals surface area contributed by atoms with Crippen LogP contribution in [0.4, 0.5) is 11.4 Å². The third-order valence-electron chi connectivity index (χ3n) is 4.07. The number of fused-ring (bicyclic) bond motifs is 1. The molecule has 1 aromatic heterocycles. The van der Waals surface area contributed by atoms with E-state index in [1.165, 1.54) is 6.92 Å². The maximum Gasteiger partial charge on any atom is 0.226 e. The summed E-state index contributed by atoms with van der Waals surface area (Å²) in [5, 5.41) is 6.71. The number of rotatable bonds is 6. The Balaban J connectivity index is 1.70. The zero-order valence-electron chi connectivity index (χ0n) is 14.8. The van der Waals surface area contributed by atoms with Crippen LogP contribution in [0, 0.1) is 0 Å². The number of hydrogen-bond donors (Lipinski definition) is 2. The number of aryl methyl sites for hydroxylation is 1. The molecule has 0 bridgehead atoms. The molecule has 0 fully saturated rings. The lowest BCUT2D eigenvalue weighted by atomic mass is 10.2. The van der Waals surface area contributed by atoms with Gasteiger partial charge in [-0.15, -0.1) is 0 Å². The predicted molar refractivity (Wildman–Crippen MR) is 102 cm³/mol. The van der Waals surface area contributed by atoms with Crippen molar-refractivity contribution < 1.29 is 14.3 Å². The average Bonchev–Trinajstić information content (AvgIpc) is 3.04. The number of benzene rings is 2. The second kappa shape index (κ2) is 7.74. The number of hydrogen-bond acceptors (Lipinski definition) is 3. The molecule has 1 heterocycles. The Kier molecular flexibility index (Phi) is 5.22. The van der Waals surface area contributed by atoms with Crippen LogP contribution in [0.1, 0.15) is 13.3 Å². The van der Waals surface area contributed by atoms with Gasteiger partial charge in [-0.2, -0.15) is 0 Å². The summed E-state index contributed by atoms with van der Waals surface area (Å²) < 4.78 is 7.25. The number of nitrogens with one attached hydrogen (secondary N) is 2. The summed E-state index contributed by atoms with van der Waals surface area (Å²) in [7, 11) is 1.55. The van der Waals surface area contributed by atoms with E-state index in [1.807, 2.05) is 36.5 Å². The molecule has 2 amide bonds. The van der Waals surface area contributed by atoms with Crippen molar-refractivity contribution in [3.05, 3.63) is 54.7 Å². The Morgan fingerprint density at radius 1 is 1.04 bits per heavy atom. The molecule has 134 valence electrons. The van der Waals surface area contributed by atoms with Crippen molar-refractivity contribution >= 4 is 34.1 Å². The summed E-state index contributed by atoms with van der Waals surface area (Å²) in [6.45, 7) is 1.99. The van der Waals surface area contributed by atoms with Crippen LogP contribution in [0.3, 0.4) is 0 Å². The Morgan fingerprint density at radius 3 is 2.62 bits per heavy atom. The lowest BCUT2D eigenvalue weighted by Crippen LogP contribution is -2.16. The first-order valence-electron chi connectivity index (χ1n) is 8.36. The van der Waals surface area contributed by atoms with Crippen LogP contribution in [0.25, 0.3) is 10.9 Å². The van der Waals surface area contributed by atoms with Gasteiger partial charge in [-0.05, 0) is 29.7 Å². The quantitative estimate of drug-likeness (QED) is 0.712. The topological polar surface area (TPSA) is 72.4 Å². The zero-order valence-corrected chi connectivity index (χ0v) is 14.8. The van der Waals surface area contributed by atoms with Crippen LogP contribution in [-0.4, -0.2) is 23.5 Å². The first-order chi connectivity index (χ1) is 12.6. The van der Waals surface area contributed by atoms with Gasteiger partial charge < -0.3 is 19.9 Å². The van der Waals surface area contributed by atoms with Crippen LogP contribution >= 0.6 is 0 Å². The van der Waals surface area contributed by atoms with Gasteiger partial charge in [0.15, 0.2) is 0 Å². The van der Waals surface area contributed by atoms with Gasteiger partial charge in [0.25, 0.3) is 0 Å². The van der Waals surface area contributed by atoms with E-state index in [-0.39, 0.29) is 11.8 Å². The molecule has 0 atom stereocenters. The lowest BCUT2D eigenvalue weighted by molar-refractivity contribution is -0.116. The first kappa shape index (κ1) is 17.5. The van der Waals surface area contributed by atoms with Crippen molar-refractivity contribution in [3.8, 4) is 5.75 Å². The van der Waals surface area contributed by atoms with E-state index in [0.717, 1.165) is 10.9 Å². The van der Waals surface area contributed by atoms with Gasteiger partial charge in [-0.3, -0.25) is 9.59 Å². The minimum absolute atomic E-state index is 0.136. The number of ether oxygens (including phenoxy) is 1. The van der Waals surface area contributed by atoms with E-state index in [4.69, 9.17) is 4.74 Å². The first-order valence-corrected chi connectivity index (χ1v) is 8.36. The van der Waals surface area contributed by atoms with E-state index < -0.39 is 0 Å². The van der Waals surface area contributed by atoms with E-state index >= 15 is 0 Å². The molecule has 2 N–H and O–H groups in total. The van der Waals surface area contributed by atoms with Crippen molar-refractivity contribution in [1.82, 2.24) is 4.57 Å². The van der Waals surface area contributed by atoms with Gasteiger partial charge in [-0.1, -0.05) is 18.2 Å². The molecule has 2 aromatic carbocycles. The van der Waals surface area contributed by atoms with Crippen LogP contribution in [-0.2, 0) is 16.1 Å². The Labute approximate surface area is 151 Å². The van der Waals surface area contributed by atoms with E-state index in [1.54, 1.807) is 25.3 Å². The zero-order chi connectivity index (χ0) is 18.5. The molecule has 6 nitrogen and oxygen atoms in total. The molecule has 0 aliphatic carbocycles. The van der Waals surface area contributed by atoms with Crippen LogP contribution < -0.4 is 15.4 Å². The highest BCUT2D eigenvalue weighted by molar-refractivity contribution is 5.99. The maximum atomic E-state index is 12.4. The SMILES string of the molecule is COc1ccc(NC(C)=O)c(NC(=O)CCn2ccc3ccccc32)c1. The second-order valence-electron chi connectivity index (χ2n) is 5.96. The highest BCUT2D eigenvalue weighted by atomic mass is 16.5. The van der Waals surface area contributed by atoms with Crippen molar-refractivity contribution in [1.29, 1.82) is 0 Å². The Hall–Kier alpha value is -3.28. The fourth-order valence-corrected chi connectivity index (χ4v) is 2.82. The largest absolute Gasteiger partial charge is 0.497 e. The van der Waals surface area contributed by atoms with Gasteiger partial charge in [-0.25, -0.2) is 0 Å². The summed E-state index contributed by atoms with van der Waals surface area (Å²) in [6.07, 6.45) is 2.29. The molecule has 0 aliphatic heterocycles. The monoisotopic (exact) mass is 351 g/mol. The number of amides is 2. The lowest BCUT2D eigenvalue weighted by Gasteiger charge is -2.13. The van der Waals surface area contributed by atoms with Gasteiger partial charge >= 0.3 is 0 Å². The highest BCUT2D eigenvalue weighted by Crippen LogP contribution is 2.27. The number of methoxy groups -OCH3 is 1. The number of carbonyl (C=O) groups excluding carboxylic acids is 2. The number of carbonyl (C=O) groups is 2. The molecule has 0 radical (unpaired) electrons. The molecule has 0 saturated heterocycles. The molecule has 6 heteroatoms. The smallest absolute Gasteiger partial charge is 0.226 e. The maximum absolute atomic E-state index is 12.4. The number of aromatic nitrogens is 1. The van der Waals surface area contributed by atoms with Gasteiger partial charge in [0.05, 0.1) is 18.5 Å². The van der Waals surface area contributed by atoms with E-state index in [0.29, 0.717) is 30.1 Å². The standard InChI is InChI=1S/C20H21N3O3/c1-14(24)21-17-8-7-16(26-2)13-18(17)22-20(25)10-12-23-11-9-15-5-3-4-6-19(15)23/h3-9,11,13H,10,12H2,1-2H3,(H,21,24)(H,22,25). The fraction of sp³-hybridized carbons (Fsp3) is 0.200. The molecular weight excluding hydrogens is 330 g/mol. The molecule has 0 aliphatic rings. The van der Waals surface area contributed by atoms with Crippen LogP contribution in [0.5, 0.6) is 5.75 Å². The highest BCUT2D eigenvalue weighted by Gasteiger charge is 2.10. The van der Waals surface area contributed by atoms with Crippen molar-refractivity contribution in [2.75, 3.05) is 17.7 Å². The van der Waals surface area contributed by atoms with Gasteiger partial charge in [0.2, 0.25) is 11.8 Å². The minimum Gasteiger partial charge on any atom is -0.497 e. The molecule has 0 unspecified atom stereocenters. The molecule has 26 heavy (non-hydrogen) atoms. The normalized spacial score (nSPS) is 10.5. The molecule has 0 saturated carbocycles. The summed E-state index contributed by atoms with van der Waals surface area (Å²) >= 11 is 0. The fourth-order valence-electron chi connectivity index (χ4n) is 2.82.